The van der Waals surface area contributed by atoms with Crippen LogP contribution in [0.15, 0.2) is 47.4 Å². The smallest absolute Gasteiger partial charge is 0.255 e. The molecule has 0 bridgehead atoms. The zero-order valence-corrected chi connectivity index (χ0v) is 16.1. The Morgan fingerprint density at radius 3 is 2.08 bits per heavy atom. The maximum Gasteiger partial charge on any atom is 0.255 e. The van der Waals surface area contributed by atoms with E-state index >= 15 is 0 Å². The van der Waals surface area contributed by atoms with Crippen LogP contribution < -0.4 is 10.6 Å². The second kappa shape index (κ2) is 7.88. The molecule has 0 aromatic heterocycles. The molecule has 2 rings (SSSR count). The second-order valence-electron chi connectivity index (χ2n) is 6.08. The molecule has 2 aromatic rings. The first-order valence-corrected chi connectivity index (χ1v) is 10.1. The van der Waals surface area contributed by atoms with Crippen LogP contribution in [0.3, 0.4) is 0 Å². The van der Waals surface area contributed by atoms with Gasteiger partial charge in [-0.3, -0.25) is 9.59 Å². The summed E-state index contributed by atoms with van der Waals surface area (Å²) in [5.74, 6) is -0.681. The van der Waals surface area contributed by atoms with Gasteiger partial charge in [0.25, 0.3) is 11.8 Å². The van der Waals surface area contributed by atoms with Gasteiger partial charge in [-0.05, 0) is 56.3 Å². The van der Waals surface area contributed by atoms with Crippen molar-refractivity contribution in [1.82, 2.24) is 5.32 Å². The molecule has 2 aromatic carbocycles. The van der Waals surface area contributed by atoms with Gasteiger partial charge in [0.2, 0.25) is 0 Å². The summed E-state index contributed by atoms with van der Waals surface area (Å²) < 4.78 is 23.4. The third-order valence-corrected chi connectivity index (χ3v) is 5.00. The van der Waals surface area contributed by atoms with Gasteiger partial charge in [0, 0.05) is 29.1 Å². The summed E-state index contributed by atoms with van der Waals surface area (Å²) in [5, 5.41) is 5.49. The number of hydrogen-bond donors (Lipinski definition) is 2. The summed E-state index contributed by atoms with van der Waals surface area (Å²) in [7, 11) is -3.54. The highest BCUT2D eigenvalue weighted by Crippen LogP contribution is 2.23. The van der Waals surface area contributed by atoms with Crippen LogP contribution in [0.4, 0.5) is 5.69 Å². The fraction of sp³-hybridized carbons (Fsp3) is 0.222. The van der Waals surface area contributed by atoms with E-state index in [1.807, 2.05) is 13.8 Å². The molecule has 0 aliphatic carbocycles. The molecule has 0 unspecified atom stereocenters. The van der Waals surface area contributed by atoms with E-state index in [0.29, 0.717) is 11.3 Å². The Hall–Kier alpha value is -2.38. The van der Waals surface area contributed by atoms with Gasteiger partial charge in [-0.2, -0.15) is 0 Å². The topological polar surface area (TPSA) is 92.3 Å². The van der Waals surface area contributed by atoms with Crippen LogP contribution in [0.25, 0.3) is 0 Å². The highest BCUT2D eigenvalue weighted by molar-refractivity contribution is 7.90. The Balaban J connectivity index is 2.17. The molecule has 6 nitrogen and oxygen atoms in total. The number of hydrogen-bond acceptors (Lipinski definition) is 4. The first-order chi connectivity index (χ1) is 12.1. The number of carbonyl (C=O) groups is 2. The number of amides is 2. The number of carbonyl (C=O) groups excluding carboxylic acids is 2. The Kier molecular flexibility index (Phi) is 6.05. The molecule has 0 fully saturated rings. The zero-order chi connectivity index (χ0) is 19.5. The van der Waals surface area contributed by atoms with Crippen molar-refractivity contribution in [3.05, 3.63) is 58.6 Å². The lowest BCUT2D eigenvalue weighted by molar-refractivity contribution is 0.0942. The van der Waals surface area contributed by atoms with Crippen molar-refractivity contribution in [3.63, 3.8) is 0 Å². The van der Waals surface area contributed by atoms with Crippen LogP contribution in [0, 0.1) is 0 Å². The molecule has 8 heteroatoms. The molecule has 2 amide bonds. The first kappa shape index (κ1) is 19.9. The highest BCUT2D eigenvalue weighted by atomic mass is 35.5. The Morgan fingerprint density at radius 1 is 0.962 bits per heavy atom. The van der Waals surface area contributed by atoms with Gasteiger partial charge >= 0.3 is 0 Å². The maximum atomic E-state index is 12.3. The van der Waals surface area contributed by atoms with Crippen molar-refractivity contribution in [2.75, 3.05) is 11.6 Å². The number of sulfone groups is 1. The standard InChI is InChI=1S/C18H19ClN2O4S/c1-11(2)20-17(22)12-4-7-14(8-5-12)21-18(23)13-6-9-15(19)16(10-13)26(3,24)25/h4-11H,1-3H3,(H,20,22)(H,21,23). The van der Waals surface area contributed by atoms with Crippen LogP contribution in [0.2, 0.25) is 5.02 Å². The molecule has 0 aliphatic rings. The summed E-state index contributed by atoms with van der Waals surface area (Å²) in [6.45, 7) is 3.73. The lowest BCUT2D eigenvalue weighted by Crippen LogP contribution is -2.30. The molecule has 0 aliphatic heterocycles. The van der Waals surface area contributed by atoms with Crippen LogP contribution in [-0.2, 0) is 9.84 Å². The SMILES string of the molecule is CC(C)NC(=O)c1ccc(NC(=O)c2ccc(Cl)c(S(C)(=O)=O)c2)cc1. The highest BCUT2D eigenvalue weighted by Gasteiger charge is 2.16. The van der Waals surface area contributed by atoms with Gasteiger partial charge in [-0.25, -0.2) is 8.42 Å². The third-order valence-electron chi connectivity index (χ3n) is 3.42. The Bertz CT molecular complexity index is 938. The van der Waals surface area contributed by atoms with E-state index in [-0.39, 0.29) is 27.4 Å². The van der Waals surface area contributed by atoms with Crippen molar-refractivity contribution in [3.8, 4) is 0 Å². The molecular weight excluding hydrogens is 376 g/mol. The van der Waals surface area contributed by atoms with Crippen LogP contribution in [-0.4, -0.2) is 32.5 Å². The minimum atomic E-state index is -3.54. The Morgan fingerprint density at radius 2 is 1.54 bits per heavy atom. The number of benzene rings is 2. The van der Waals surface area contributed by atoms with Crippen molar-refractivity contribution < 1.29 is 18.0 Å². The summed E-state index contributed by atoms with van der Waals surface area (Å²) in [6.07, 6.45) is 1.02. The second-order valence-corrected chi connectivity index (χ2v) is 8.47. The third kappa shape index (κ3) is 5.06. The van der Waals surface area contributed by atoms with Crippen LogP contribution >= 0.6 is 11.6 Å². The number of rotatable bonds is 5. The molecular formula is C18H19ClN2O4S. The molecule has 0 heterocycles. The van der Waals surface area contributed by atoms with Crippen molar-refractivity contribution in [1.29, 1.82) is 0 Å². The van der Waals surface area contributed by atoms with E-state index in [4.69, 9.17) is 11.6 Å². The minimum absolute atomic E-state index is 0.0239. The monoisotopic (exact) mass is 394 g/mol. The van der Waals surface area contributed by atoms with E-state index in [9.17, 15) is 18.0 Å². The van der Waals surface area contributed by atoms with Crippen molar-refractivity contribution in [2.24, 2.45) is 0 Å². The molecule has 2 N–H and O–H groups in total. The predicted molar refractivity (Wildman–Crippen MR) is 102 cm³/mol. The molecule has 0 saturated carbocycles. The van der Waals surface area contributed by atoms with Crippen LogP contribution in [0.1, 0.15) is 34.6 Å². The summed E-state index contributed by atoms with van der Waals surface area (Å²) >= 11 is 5.88. The van der Waals surface area contributed by atoms with E-state index in [2.05, 4.69) is 10.6 Å². The van der Waals surface area contributed by atoms with E-state index in [1.165, 1.54) is 18.2 Å². The maximum absolute atomic E-state index is 12.3. The lowest BCUT2D eigenvalue weighted by Gasteiger charge is -2.10. The average molecular weight is 395 g/mol. The Labute approximate surface area is 157 Å². The largest absolute Gasteiger partial charge is 0.350 e. The first-order valence-electron chi connectivity index (χ1n) is 7.80. The molecule has 0 spiro atoms. The van der Waals surface area contributed by atoms with Gasteiger partial charge < -0.3 is 10.6 Å². The van der Waals surface area contributed by atoms with Crippen molar-refractivity contribution in [2.45, 2.75) is 24.8 Å². The van der Waals surface area contributed by atoms with Gasteiger partial charge in [0.1, 0.15) is 0 Å². The molecule has 0 radical (unpaired) electrons. The molecule has 0 saturated heterocycles. The number of halogens is 1. The summed E-state index contributed by atoms with van der Waals surface area (Å²) in [5.41, 5.74) is 1.12. The molecule has 26 heavy (non-hydrogen) atoms. The lowest BCUT2D eigenvalue weighted by atomic mass is 10.1. The normalized spacial score (nSPS) is 11.3. The molecule has 138 valence electrons. The number of nitrogens with one attached hydrogen (secondary N) is 2. The summed E-state index contributed by atoms with van der Waals surface area (Å²) in [6, 6.07) is 10.5. The zero-order valence-electron chi connectivity index (χ0n) is 14.5. The van der Waals surface area contributed by atoms with Crippen molar-refractivity contribution >= 4 is 38.9 Å². The van der Waals surface area contributed by atoms with Gasteiger partial charge in [0.15, 0.2) is 9.84 Å². The predicted octanol–water partition coefficient (Wildman–Crippen LogP) is 3.13. The van der Waals surface area contributed by atoms with Gasteiger partial charge in [-0.15, -0.1) is 0 Å². The van der Waals surface area contributed by atoms with E-state index in [0.717, 1.165) is 6.26 Å². The van der Waals surface area contributed by atoms with Crippen LogP contribution in [0.5, 0.6) is 0 Å². The fourth-order valence-corrected chi connectivity index (χ4v) is 3.48. The summed E-state index contributed by atoms with van der Waals surface area (Å²) in [4.78, 5) is 24.1. The minimum Gasteiger partial charge on any atom is -0.350 e. The van der Waals surface area contributed by atoms with Gasteiger partial charge in [0.05, 0.1) is 9.92 Å². The number of anilines is 1. The van der Waals surface area contributed by atoms with E-state index in [1.54, 1.807) is 24.3 Å². The quantitative estimate of drug-likeness (QED) is 0.814. The average Bonchev–Trinajstić information content (AvgIpc) is 2.54. The van der Waals surface area contributed by atoms with Gasteiger partial charge in [-0.1, -0.05) is 11.6 Å². The fourth-order valence-electron chi connectivity index (χ4n) is 2.18. The molecule has 0 atom stereocenters. The van der Waals surface area contributed by atoms with E-state index < -0.39 is 15.7 Å².